The number of nitrogens with zero attached hydrogens (tertiary/aromatic N) is 6. The monoisotopic (exact) mass is 696 g/mol. The molecule has 0 unspecified atom stereocenters. The zero-order valence-corrected chi connectivity index (χ0v) is 29.2. The van der Waals surface area contributed by atoms with E-state index in [9.17, 15) is 9.59 Å². The molecule has 5 aromatic carbocycles. The molecule has 0 amide bonds. The van der Waals surface area contributed by atoms with E-state index in [-0.39, 0.29) is 11.6 Å². The number of carbonyl (C=O) groups is 2. The zero-order valence-electron chi connectivity index (χ0n) is 29.2. The number of benzene rings is 5. The van der Waals surface area contributed by atoms with Crippen LogP contribution in [-0.4, -0.2) is 41.1 Å². The summed E-state index contributed by atoms with van der Waals surface area (Å²) in [5, 5.41) is 11.6. The van der Waals surface area contributed by atoms with Gasteiger partial charge in [-0.2, -0.15) is 10.2 Å². The Balaban J connectivity index is 1.23. The van der Waals surface area contributed by atoms with Crippen LogP contribution in [0, 0.1) is 13.8 Å². The van der Waals surface area contributed by atoms with Gasteiger partial charge in [0.1, 0.15) is 0 Å². The molecule has 0 atom stereocenters. The Labute approximate surface area is 309 Å². The van der Waals surface area contributed by atoms with Crippen molar-refractivity contribution in [1.29, 1.82) is 0 Å². The van der Waals surface area contributed by atoms with Gasteiger partial charge in [0, 0.05) is 33.4 Å². The minimum Gasteiger partial charge on any atom is -0.288 e. The van der Waals surface area contributed by atoms with Crippen molar-refractivity contribution < 1.29 is 9.59 Å². The van der Waals surface area contributed by atoms with Crippen LogP contribution >= 0.6 is 0 Å². The summed E-state index contributed by atoms with van der Waals surface area (Å²) in [5.41, 5.74) is 13.0. The van der Waals surface area contributed by atoms with Crippen molar-refractivity contribution in [3.63, 3.8) is 0 Å². The summed E-state index contributed by atoms with van der Waals surface area (Å²) in [7, 11) is 0. The van der Waals surface area contributed by atoms with Crippen LogP contribution in [0.1, 0.15) is 43.2 Å². The molecule has 0 fully saturated rings. The van der Waals surface area contributed by atoms with Crippen LogP contribution in [-0.2, 0) is 0 Å². The molecule has 254 valence electrons. The van der Waals surface area contributed by atoms with Gasteiger partial charge in [-0.05, 0) is 55.3 Å². The average Bonchev–Trinajstić information content (AvgIpc) is 3.92. The third kappa shape index (κ3) is 4.07. The lowest BCUT2D eigenvalue weighted by Crippen LogP contribution is -2.04. The summed E-state index contributed by atoms with van der Waals surface area (Å²) in [5.74, 6) is -0.139. The van der Waals surface area contributed by atoms with E-state index in [0.29, 0.717) is 44.9 Å². The molecule has 0 radical (unpaired) electrons. The summed E-state index contributed by atoms with van der Waals surface area (Å²) in [4.78, 5) is 39.2. The Morgan fingerprint density at radius 3 is 1.24 bits per heavy atom. The molecule has 9 aromatic rings. The number of rotatable bonds is 4. The lowest BCUT2D eigenvalue weighted by molar-refractivity contribution is 0.103. The number of aryl methyl sites for hydroxylation is 2. The van der Waals surface area contributed by atoms with E-state index in [4.69, 9.17) is 20.2 Å². The highest BCUT2D eigenvalue weighted by Crippen LogP contribution is 2.48. The van der Waals surface area contributed by atoms with Gasteiger partial charge in [0.15, 0.2) is 22.9 Å². The molecule has 0 bridgehead atoms. The van der Waals surface area contributed by atoms with Gasteiger partial charge in [-0.15, -0.1) is 0 Å². The fourth-order valence-corrected chi connectivity index (χ4v) is 8.41. The van der Waals surface area contributed by atoms with Crippen LogP contribution < -0.4 is 0 Å². The molecule has 11 rings (SSSR count). The first-order valence-electron chi connectivity index (χ1n) is 17.8. The summed E-state index contributed by atoms with van der Waals surface area (Å²) < 4.78 is 3.72. The standard InChI is InChI=1S/C46H28N6O2/c1-25-35-37(39-41(31-20-9-11-22-33(31)43(39)53)47-45(35)51(49-25)29-16-5-3-6-17-29)27-14-13-15-28(24-27)38-36-26(2)50-52(30-18-7-4-8-19-30)46(36)48-42-32-21-10-12-23-34(32)44(54)40(38)42/h3-24H,1-2H3. The second-order valence-electron chi connectivity index (χ2n) is 13.8. The van der Waals surface area contributed by atoms with E-state index in [1.165, 1.54) is 0 Å². The van der Waals surface area contributed by atoms with Gasteiger partial charge in [-0.25, -0.2) is 19.3 Å². The predicted octanol–water partition coefficient (Wildman–Crippen LogP) is 9.53. The molecular formula is C46H28N6O2. The van der Waals surface area contributed by atoms with Crippen LogP contribution in [0.2, 0.25) is 0 Å². The molecule has 0 saturated carbocycles. The number of hydrogen-bond donors (Lipinski definition) is 0. The molecule has 0 saturated heterocycles. The van der Waals surface area contributed by atoms with Crippen LogP contribution in [0.25, 0.3) is 78.2 Å². The van der Waals surface area contributed by atoms with Crippen molar-refractivity contribution in [2.24, 2.45) is 0 Å². The maximum Gasteiger partial charge on any atom is 0.196 e. The molecule has 8 heteroatoms. The first kappa shape index (κ1) is 30.3. The largest absolute Gasteiger partial charge is 0.288 e. The van der Waals surface area contributed by atoms with Gasteiger partial charge >= 0.3 is 0 Å². The number of aromatic nitrogens is 6. The topological polar surface area (TPSA) is 95.6 Å². The van der Waals surface area contributed by atoms with Gasteiger partial charge < -0.3 is 0 Å². The summed E-state index contributed by atoms with van der Waals surface area (Å²) in [6.07, 6.45) is 0. The lowest BCUT2D eigenvalue weighted by Gasteiger charge is -2.15. The number of ketones is 2. The molecule has 0 N–H and O–H groups in total. The van der Waals surface area contributed by atoms with Crippen LogP contribution in [0.5, 0.6) is 0 Å². The third-order valence-corrected chi connectivity index (χ3v) is 10.7. The van der Waals surface area contributed by atoms with Crippen LogP contribution in [0.15, 0.2) is 133 Å². The van der Waals surface area contributed by atoms with E-state index in [1.54, 1.807) is 0 Å². The Kier molecular flexibility index (Phi) is 6.23. The number of hydrogen-bond acceptors (Lipinski definition) is 6. The normalized spacial score (nSPS) is 12.7. The quantitative estimate of drug-likeness (QED) is 0.182. The van der Waals surface area contributed by atoms with E-state index in [1.807, 2.05) is 151 Å². The SMILES string of the molecule is Cc1nn(-c2ccccc2)c2nc3c(c(-c4cccc(-c5c6c(nc7c5c(C)nn7-c5ccccc5)-c5ccccc5C6=O)c4)c12)C(=O)c1ccccc1-3. The predicted molar refractivity (Wildman–Crippen MR) is 209 cm³/mol. The molecule has 54 heavy (non-hydrogen) atoms. The van der Waals surface area contributed by atoms with Crippen LogP contribution in [0.4, 0.5) is 0 Å². The smallest absolute Gasteiger partial charge is 0.196 e. The van der Waals surface area contributed by atoms with Gasteiger partial charge in [0.05, 0.1) is 56.0 Å². The van der Waals surface area contributed by atoms with Crippen molar-refractivity contribution in [1.82, 2.24) is 29.5 Å². The maximum absolute atomic E-state index is 14.4. The van der Waals surface area contributed by atoms with Gasteiger partial charge in [0.25, 0.3) is 0 Å². The van der Waals surface area contributed by atoms with Crippen LogP contribution in [0.3, 0.4) is 0 Å². The molecule has 4 aromatic heterocycles. The Bertz CT molecular complexity index is 2900. The number of pyridine rings is 2. The highest BCUT2D eigenvalue weighted by Gasteiger charge is 2.36. The second kappa shape index (κ2) is 11.1. The minimum atomic E-state index is -0.0694. The second-order valence-corrected chi connectivity index (χ2v) is 13.8. The molecule has 0 spiro atoms. The maximum atomic E-state index is 14.4. The Morgan fingerprint density at radius 1 is 0.426 bits per heavy atom. The van der Waals surface area contributed by atoms with Crippen molar-refractivity contribution >= 4 is 33.6 Å². The van der Waals surface area contributed by atoms with Crippen molar-refractivity contribution in [3.05, 3.63) is 167 Å². The van der Waals surface area contributed by atoms with E-state index in [2.05, 4.69) is 6.07 Å². The van der Waals surface area contributed by atoms with Gasteiger partial charge in [-0.3, -0.25) is 9.59 Å². The average molecular weight is 697 g/mol. The summed E-state index contributed by atoms with van der Waals surface area (Å²) in [6, 6.07) is 43.3. The molecule has 2 aliphatic carbocycles. The molecule has 0 aliphatic heterocycles. The van der Waals surface area contributed by atoms with Crippen molar-refractivity contribution in [3.8, 4) is 56.1 Å². The molecular weight excluding hydrogens is 669 g/mol. The number of fused-ring (bicyclic) bond motifs is 8. The highest BCUT2D eigenvalue weighted by atomic mass is 16.1. The number of carbonyl (C=O) groups excluding carboxylic acids is 2. The zero-order chi connectivity index (χ0) is 36.2. The molecule has 4 heterocycles. The molecule has 2 aliphatic rings. The lowest BCUT2D eigenvalue weighted by atomic mass is 9.89. The number of para-hydroxylation sites is 2. The van der Waals surface area contributed by atoms with E-state index < -0.39 is 0 Å². The fourth-order valence-electron chi connectivity index (χ4n) is 8.41. The summed E-state index contributed by atoms with van der Waals surface area (Å²) in [6.45, 7) is 3.93. The van der Waals surface area contributed by atoms with Gasteiger partial charge in [0.2, 0.25) is 0 Å². The van der Waals surface area contributed by atoms with Crippen molar-refractivity contribution in [2.45, 2.75) is 13.8 Å². The van der Waals surface area contributed by atoms with E-state index >= 15 is 0 Å². The molecule has 8 nitrogen and oxygen atoms in total. The minimum absolute atomic E-state index is 0.0694. The van der Waals surface area contributed by atoms with E-state index in [0.717, 1.165) is 66.9 Å². The Morgan fingerprint density at radius 2 is 0.815 bits per heavy atom. The first-order valence-corrected chi connectivity index (χ1v) is 17.8. The fraction of sp³-hybridized carbons (Fsp3) is 0.0435. The van der Waals surface area contributed by atoms with Crippen molar-refractivity contribution in [2.75, 3.05) is 0 Å². The highest BCUT2D eigenvalue weighted by molar-refractivity contribution is 6.28. The first-order chi connectivity index (χ1) is 26.5. The summed E-state index contributed by atoms with van der Waals surface area (Å²) >= 11 is 0. The Hall–Kier alpha value is -7.32. The third-order valence-electron chi connectivity index (χ3n) is 10.7. The van der Waals surface area contributed by atoms with Gasteiger partial charge in [-0.1, -0.05) is 103 Å².